The third-order valence-electron chi connectivity index (χ3n) is 5.07. The lowest BCUT2D eigenvalue weighted by Crippen LogP contribution is -2.23. The summed E-state index contributed by atoms with van der Waals surface area (Å²) in [6, 6.07) is 14.2. The minimum absolute atomic E-state index is 0.0687. The molecule has 1 unspecified atom stereocenters. The van der Waals surface area contributed by atoms with Crippen LogP contribution in [0, 0.1) is 6.92 Å². The number of aryl methyl sites for hydroxylation is 1. The number of carbonyl (C=O) groups excluding carboxylic acids is 1. The zero-order valence-corrected chi connectivity index (χ0v) is 17.3. The van der Waals surface area contributed by atoms with Crippen LogP contribution < -0.4 is 5.56 Å². The third-order valence-corrected chi connectivity index (χ3v) is 5.32. The Balaban J connectivity index is 1.61. The first-order valence-corrected chi connectivity index (χ1v) is 9.87. The van der Waals surface area contributed by atoms with E-state index < -0.39 is 6.23 Å². The molecular weight excluding hydrogens is 402 g/mol. The molecule has 0 aliphatic heterocycles. The van der Waals surface area contributed by atoms with Crippen LogP contribution in [0.5, 0.6) is 0 Å². The molecule has 0 spiro atoms. The fourth-order valence-electron chi connectivity index (χ4n) is 3.49. The Hall–Kier alpha value is -3.22. The molecule has 6 nitrogen and oxygen atoms in total. The molecule has 0 radical (unpaired) electrons. The first-order chi connectivity index (χ1) is 14.3. The van der Waals surface area contributed by atoms with E-state index in [4.69, 9.17) is 11.6 Å². The van der Waals surface area contributed by atoms with E-state index in [0.29, 0.717) is 33.7 Å². The van der Waals surface area contributed by atoms with E-state index in [0.717, 1.165) is 11.1 Å². The van der Waals surface area contributed by atoms with Crippen molar-refractivity contribution in [1.82, 2.24) is 14.1 Å². The molecule has 0 saturated heterocycles. The second-order valence-corrected chi connectivity index (χ2v) is 7.70. The van der Waals surface area contributed by atoms with E-state index in [1.807, 2.05) is 29.8 Å². The number of benzene rings is 2. The van der Waals surface area contributed by atoms with Crippen LogP contribution in [-0.4, -0.2) is 25.0 Å². The molecule has 0 saturated carbocycles. The SMILES string of the molecule is Cc1cn(Cc2ccc(C(=O)c3ccc(Cl)cc3)cc2)c2ncn(C(C)O)c(=O)c12. The van der Waals surface area contributed by atoms with Crippen molar-refractivity contribution in [2.45, 2.75) is 26.6 Å². The second-order valence-electron chi connectivity index (χ2n) is 7.26. The Morgan fingerprint density at radius 2 is 1.70 bits per heavy atom. The number of halogens is 1. The zero-order chi connectivity index (χ0) is 21.4. The summed E-state index contributed by atoms with van der Waals surface area (Å²) in [6.45, 7) is 3.88. The lowest BCUT2D eigenvalue weighted by Gasteiger charge is -2.09. The van der Waals surface area contributed by atoms with Crippen molar-refractivity contribution in [3.8, 4) is 0 Å². The van der Waals surface area contributed by atoms with Gasteiger partial charge in [-0.05, 0) is 49.2 Å². The summed E-state index contributed by atoms with van der Waals surface area (Å²) in [5, 5.41) is 10.8. The number of rotatable bonds is 5. The van der Waals surface area contributed by atoms with Gasteiger partial charge in [-0.1, -0.05) is 35.9 Å². The van der Waals surface area contributed by atoms with Crippen LogP contribution in [0.3, 0.4) is 0 Å². The molecule has 0 fully saturated rings. The molecule has 0 aliphatic rings. The highest BCUT2D eigenvalue weighted by Gasteiger charge is 2.15. The topological polar surface area (TPSA) is 77.1 Å². The van der Waals surface area contributed by atoms with Crippen molar-refractivity contribution < 1.29 is 9.90 Å². The maximum atomic E-state index is 12.6. The molecule has 0 amide bonds. The van der Waals surface area contributed by atoms with E-state index in [1.54, 1.807) is 36.4 Å². The molecule has 4 rings (SSSR count). The van der Waals surface area contributed by atoms with Crippen LogP contribution >= 0.6 is 11.6 Å². The van der Waals surface area contributed by atoms with Gasteiger partial charge in [-0.25, -0.2) is 4.98 Å². The van der Waals surface area contributed by atoms with Gasteiger partial charge in [-0.2, -0.15) is 0 Å². The van der Waals surface area contributed by atoms with Crippen LogP contribution in [0.2, 0.25) is 5.02 Å². The summed E-state index contributed by atoms with van der Waals surface area (Å²) in [5.74, 6) is -0.0687. The number of carbonyl (C=O) groups is 1. The first kappa shape index (κ1) is 20.1. The standard InChI is InChI=1S/C23H20ClN3O3/c1-14-11-26(22-20(14)23(30)27(13-25-22)15(2)28)12-16-3-5-17(6-4-16)21(29)18-7-9-19(24)10-8-18/h3-11,13,15,28H,12H2,1-2H3. The number of hydrogen-bond donors (Lipinski definition) is 1. The number of nitrogens with zero attached hydrogens (tertiary/aromatic N) is 3. The third kappa shape index (κ3) is 3.67. The predicted molar refractivity (Wildman–Crippen MR) is 116 cm³/mol. The summed E-state index contributed by atoms with van der Waals surface area (Å²) in [4.78, 5) is 29.6. The summed E-state index contributed by atoms with van der Waals surface area (Å²) < 4.78 is 3.10. The summed E-state index contributed by atoms with van der Waals surface area (Å²) >= 11 is 5.89. The Kier molecular flexibility index (Phi) is 5.28. The smallest absolute Gasteiger partial charge is 0.265 e. The first-order valence-electron chi connectivity index (χ1n) is 9.49. The maximum Gasteiger partial charge on any atom is 0.265 e. The minimum Gasteiger partial charge on any atom is -0.373 e. The number of ketones is 1. The van der Waals surface area contributed by atoms with Crippen LogP contribution in [0.15, 0.2) is 65.8 Å². The maximum absolute atomic E-state index is 12.6. The monoisotopic (exact) mass is 421 g/mol. The van der Waals surface area contributed by atoms with Gasteiger partial charge >= 0.3 is 0 Å². The van der Waals surface area contributed by atoms with Crippen LogP contribution in [-0.2, 0) is 6.54 Å². The van der Waals surface area contributed by atoms with Gasteiger partial charge in [0.05, 0.1) is 5.39 Å². The largest absolute Gasteiger partial charge is 0.373 e. The highest BCUT2D eigenvalue weighted by molar-refractivity contribution is 6.30. The molecular formula is C23H20ClN3O3. The number of hydrogen-bond acceptors (Lipinski definition) is 4. The van der Waals surface area contributed by atoms with Crippen LogP contribution in [0.4, 0.5) is 0 Å². The van der Waals surface area contributed by atoms with E-state index in [2.05, 4.69) is 4.98 Å². The van der Waals surface area contributed by atoms with Crippen molar-refractivity contribution in [1.29, 1.82) is 0 Å². The average Bonchev–Trinajstić information content (AvgIpc) is 3.04. The van der Waals surface area contributed by atoms with E-state index in [-0.39, 0.29) is 11.3 Å². The molecule has 30 heavy (non-hydrogen) atoms. The molecule has 1 N–H and O–H groups in total. The molecule has 4 aromatic rings. The van der Waals surface area contributed by atoms with Gasteiger partial charge < -0.3 is 9.67 Å². The molecule has 2 aromatic heterocycles. The minimum atomic E-state index is -0.942. The molecule has 1 atom stereocenters. The van der Waals surface area contributed by atoms with Crippen molar-refractivity contribution in [3.63, 3.8) is 0 Å². The number of aromatic nitrogens is 3. The van der Waals surface area contributed by atoms with Crippen LogP contribution in [0.1, 0.15) is 40.2 Å². The van der Waals surface area contributed by atoms with Gasteiger partial charge in [-0.15, -0.1) is 0 Å². The normalized spacial score (nSPS) is 12.3. The number of fused-ring (bicyclic) bond motifs is 1. The van der Waals surface area contributed by atoms with E-state index >= 15 is 0 Å². The van der Waals surface area contributed by atoms with Crippen molar-refractivity contribution in [3.05, 3.63) is 98.7 Å². The second kappa shape index (κ2) is 7.89. The van der Waals surface area contributed by atoms with E-state index in [9.17, 15) is 14.7 Å². The Morgan fingerprint density at radius 3 is 2.30 bits per heavy atom. The number of aliphatic hydroxyl groups is 1. The fourth-order valence-corrected chi connectivity index (χ4v) is 3.62. The molecule has 0 aliphatic carbocycles. The molecule has 7 heteroatoms. The summed E-state index contributed by atoms with van der Waals surface area (Å²) in [5.41, 5.74) is 3.24. The molecule has 2 aromatic carbocycles. The van der Waals surface area contributed by atoms with Crippen molar-refractivity contribution in [2.24, 2.45) is 0 Å². The molecule has 0 bridgehead atoms. The van der Waals surface area contributed by atoms with Crippen molar-refractivity contribution >= 4 is 28.4 Å². The number of aliphatic hydroxyl groups excluding tert-OH is 1. The average molecular weight is 422 g/mol. The van der Waals surface area contributed by atoms with Gasteiger partial charge in [-0.3, -0.25) is 14.2 Å². The molecule has 152 valence electrons. The lowest BCUT2D eigenvalue weighted by atomic mass is 10.0. The Labute approximate surface area is 178 Å². The highest BCUT2D eigenvalue weighted by Crippen LogP contribution is 2.19. The zero-order valence-electron chi connectivity index (χ0n) is 16.5. The van der Waals surface area contributed by atoms with Crippen LogP contribution in [0.25, 0.3) is 11.0 Å². The van der Waals surface area contributed by atoms with Gasteiger partial charge in [0, 0.05) is 28.9 Å². The molecule has 2 heterocycles. The Morgan fingerprint density at radius 1 is 1.10 bits per heavy atom. The Bertz CT molecular complexity index is 1290. The highest BCUT2D eigenvalue weighted by atomic mass is 35.5. The summed E-state index contributed by atoms with van der Waals surface area (Å²) in [6.07, 6.45) is 2.29. The van der Waals surface area contributed by atoms with Gasteiger partial charge in [0.2, 0.25) is 0 Å². The van der Waals surface area contributed by atoms with Crippen molar-refractivity contribution in [2.75, 3.05) is 0 Å². The lowest BCUT2D eigenvalue weighted by molar-refractivity contribution is 0.103. The van der Waals surface area contributed by atoms with Gasteiger partial charge in [0.25, 0.3) is 5.56 Å². The van der Waals surface area contributed by atoms with E-state index in [1.165, 1.54) is 17.8 Å². The summed E-state index contributed by atoms with van der Waals surface area (Å²) in [7, 11) is 0. The predicted octanol–water partition coefficient (Wildman–Crippen LogP) is 3.95. The fraction of sp³-hybridized carbons (Fsp3) is 0.174. The van der Waals surface area contributed by atoms with Gasteiger partial charge in [0.1, 0.15) is 18.2 Å². The quantitative estimate of drug-likeness (QED) is 0.495. The van der Waals surface area contributed by atoms with Gasteiger partial charge in [0.15, 0.2) is 5.78 Å².